The highest BCUT2D eigenvalue weighted by atomic mass is 35.5. The third-order valence-corrected chi connectivity index (χ3v) is 5.36. The molecule has 154 valence electrons. The normalized spacial score (nSPS) is 11.4. The molecule has 0 saturated heterocycles. The van der Waals surface area contributed by atoms with Crippen molar-refractivity contribution in [3.8, 4) is 0 Å². The van der Waals surface area contributed by atoms with Crippen molar-refractivity contribution in [2.45, 2.75) is 0 Å². The van der Waals surface area contributed by atoms with Gasteiger partial charge in [-0.2, -0.15) is 10.2 Å². The van der Waals surface area contributed by atoms with Gasteiger partial charge in [0.05, 0.1) is 43.9 Å². The lowest BCUT2D eigenvalue weighted by Crippen LogP contribution is -1.94. The summed E-state index contributed by atoms with van der Waals surface area (Å²) in [5.41, 5.74) is 8.31. The zero-order valence-electron chi connectivity index (χ0n) is 14.9. The maximum atomic E-state index is 6.11. The topological polar surface area (TPSA) is 48.8 Å². The molecule has 0 unspecified atom stereocenters. The quantitative estimate of drug-likeness (QED) is 0.253. The van der Waals surface area contributed by atoms with Crippen LogP contribution in [-0.4, -0.2) is 12.4 Å². The molecule has 2 N–H and O–H groups in total. The maximum Gasteiger partial charge on any atom is 0.0935 e. The van der Waals surface area contributed by atoms with Crippen molar-refractivity contribution in [2.24, 2.45) is 10.2 Å². The molecule has 3 aromatic carbocycles. The van der Waals surface area contributed by atoms with Crippen LogP contribution in [0, 0.1) is 0 Å². The molecule has 0 bridgehead atoms. The fraction of sp³-hybridized carbons (Fsp3) is 0. The van der Waals surface area contributed by atoms with Gasteiger partial charge >= 0.3 is 0 Å². The minimum absolute atomic E-state index is 0.379. The number of rotatable bonds is 6. The Balaban J connectivity index is 1.61. The summed E-state index contributed by atoms with van der Waals surface area (Å²) in [5, 5.41) is 10.7. The molecule has 0 aliphatic heterocycles. The number of halogens is 6. The molecule has 10 heteroatoms. The molecule has 3 aromatic rings. The molecule has 0 spiro atoms. The van der Waals surface area contributed by atoms with E-state index in [4.69, 9.17) is 69.6 Å². The molecular formula is C20H12Cl6N4. The van der Waals surface area contributed by atoms with Gasteiger partial charge in [0.25, 0.3) is 0 Å². The minimum Gasteiger partial charge on any atom is -0.275 e. The number of anilines is 2. The Morgan fingerprint density at radius 2 is 0.833 bits per heavy atom. The SMILES string of the molecule is Clc1cc(Cl)c(NN=Cc2ccc(C=NNc3c(Cl)cc(Cl)cc3Cl)cc2)c(Cl)c1. The van der Waals surface area contributed by atoms with Crippen molar-refractivity contribution >= 4 is 93.4 Å². The van der Waals surface area contributed by atoms with E-state index in [1.54, 1.807) is 36.7 Å². The number of benzene rings is 3. The molecule has 0 heterocycles. The van der Waals surface area contributed by atoms with E-state index in [0.29, 0.717) is 41.5 Å². The summed E-state index contributed by atoms with van der Waals surface area (Å²) in [6.45, 7) is 0. The van der Waals surface area contributed by atoms with Crippen LogP contribution in [0.25, 0.3) is 0 Å². The zero-order chi connectivity index (χ0) is 21.7. The van der Waals surface area contributed by atoms with E-state index in [2.05, 4.69) is 21.1 Å². The Morgan fingerprint density at radius 3 is 1.13 bits per heavy atom. The maximum absolute atomic E-state index is 6.11. The highest BCUT2D eigenvalue weighted by Gasteiger charge is 2.07. The largest absolute Gasteiger partial charge is 0.275 e. The van der Waals surface area contributed by atoms with Crippen LogP contribution in [0.1, 0.15) is 11.1 Å². The average molecular weight is 521 g/mol. The minimum atomic E-state index is 0.379. The number of nitrogens with one attached hydrogen (secondary N) is 2. The van der Waals surface area contributed by atoms with Crippen LogP contribution in [0.4, 0.5) is 11.4 Å². The standard InChI is InChI=1S/C20H12Cl6N4/c21-13-5-15(23)19(16(24)6-13)29-27-9-11-1-2-12(4-3-11)10-28-30-20-17(25)7-14(22)8-18(20)26/h1-10,29-30H. The van der Waals surface area contributed by atoms with Gasteiger partial charge in [0, 0.05) is 10.0 Å². The van der Waals surface area contributed by atoms with Crippen LogP contribution < -0.4 is 10.9 Å². The lowest BCUT2D eigenvalue weighted by atomic mass is 10.2. The molecule has 0 aromatic heterocycles. The van der Waals surface area contributed by atoms with E-state index < -0.39 is 0 Å². The number of hydrogen-bond donors (Lipinski definition) is 2. The predicted octanol–water partition coefficient (Wildman–Crippen LogP) is 8.50. The molecule has 3 rings (SSSR count). The lowest BCUT2D eigenvalue weighted by molar-refractivity contribution is 1.34. The van der Waals surface area contributed by atoms with Crippen LogP contribution in [0.2, 0.25) is 30.1 Å². The van der Waals surface area contributed by atoms with Gasteiger partial charge in [-0.05, 0) is 35.4 Å². The van der Waals surface area contributed by atoms with Crippen LogP contribution >= 0.6 is 69.6 Å². The molecule has 0 aliphatic rings. The number of hydrazone groups is 2. The van der Waals surface area contributed by atoms with Gasteiger partial charge < -0.3 is 0 Å². The van der Waals surface area contributed by atoms with Crippen molar-refractivity contribution < 1.29 is 0 Å². The summed E-state index contributed by atoms with van der Waals surface area (Å²) in [7, 11) is 0. The molecule has 0 atom stereocenters. The van der Waals surface area contributed by atoms with Crippen molar-refractivity contribution in [3.05, 3.63) is 89.8 Å². The fourth-order valence-corrected chi connectivity index (χ4v) is 4.11. The first-order valence-corrected chi connectivity index (χ1v) is 10.6. The third kappa shape index (κ3) is 6.17. The lowest BCUT2D eigenvalue weighted by Gasteiger charge is -2.06. The second-order valence-corrected chi connectivity index (χ2v) is 8.40. The van der Waals surface area contributed by atoms with E-state index in [1.807, 2.05) is 24.3 Å². The summed E-state index contributed by atoms with van der Waals surface area (Å²) in [6.07, 6.45) is 3.27. The first-order valence-electron chi connectivity index (χ1n) is 8.31. The average Bonchev–Trinajstić information content (AvgIpc) is 2.67. The Morgan fingerprint density at radius 1 is 0.533 bits per heavy atom. The molecule has 0 aliphatic carbocycles. The van der Waals surface area contributed by atoms with Gasteiger partial charge in [0.15, 0.2) is 0 Å². The van der Waals surface area contributed by atoms with Crippen LogP contribution in [0.5, 0.6) is 0 Å². The first-order chi connectivity index (χ1) is 14.3. The molecule has 4 nitrogen and oxygen atoms in total. The number of hydrogen-bond acceptors (Lipinski definition) is 4. The Bertz CT molecular complexity index is 978. The molecule has 0 fully saturated rings. The molecular weight excluding hydrogens is 509 g/mol. The van der Waals surface area contributed by atoms with Gasteiger partial charge in [-0.25, -0.2) is 0 Å². The van der Waals surface area contributed by atoms with Gasteiger partial charge in [-0.1, -0.05) is 93.9 Å². The van der Waals surface area contributed by atoms with Crippen LogP contribution in [0.15, 0.2) is 58.7 Å². The van der Waals surface area contributed by atoms with Gasteiger partial charge in [0.1, 0.15) is 0 Å². The predicted molar refractivity (Wildman–Crippen MR) is 132 cm³/mol. The summed E-state index contributed by atoms with van der Waals surface area (Å²) < 4.78 is 0. The molecule has 0 amide bonds. The van der Waals surface area contributed by atoms with E-state index in [9.17, 15) is 0 Å². The van der Waals surface area contributed by atoms with Crippen LogP contribution in [0.3, 0.4) is 0 Å². The van der Waals surface area contributed by atoms with E-state index >= 15 is 0 Å². The van der Waals surface area contributed by atoms with E-state index in [-0.39, 0.29) is 0 Å². The summed E-state index contributed by atoms with van der Waals surface area (Å²) in [5.74, 6) is 0. The van der Waals surface area contributed by atoms with Gasteiger partial charge in [-0.15, -0.1) is 0 Å². The van der Waals surface area contributed by atoms with Gasteiger partial charge in [-0.3, -0.25) is 10.9 Å². The monoisotopic (exact) mass is 518 g/mol. The second kappa shape index (κ2) is 10.6. The highest BCUT2D eigenvalue weighted by molar-refractivity contribution is 6.42. The molecule has 30 heavy (non-hydrogen) atoms. The molecule has 0 saturated carbocycles. The smallest absolute Gasteiger partial charge is 0.0935 e. The first kappa shape index (κ1) is 23.0. The van der Waals surface area contributed by atoms with E-state index in [1.165, 1.54) is 0 Å². The van der Waals surface area contributed by atoms with Crippen molar-refractivity contribution in [1.29, 1.82) is 0 Å². The number of nitrogens with zero attached hydrogens (tertiary/aromatic N) is 2. The third-order valence-electron chi connectivity index (χ3n) is 3.73. The highest BCUT2D eigenvalue weighted by Crippen LogP contribution is 2.34. The summed E-state index contributed by atoms with van der Waals surface area (Å²) >= 11 is 36.2. The van der Waals surface area contributed by atoms with Crippen molar-refractivity contribution in [3.63, 3.8) is 0 Å². The summed E-state index contributed by atoms with van der Waals surface area (Å²) in [4.78, 5) is 0. The zero-order valence-corrected chi connectivity index (χ0v) is 19.5. The Kier molecular flexibility index (Phi) is 8.12. The van der Waals surface area contributed by atoms with Crippen LogP contribution in [-0.2, 0) is 0 Å². The Labute approximate surface area is 203 Å². The second-order valence-electron chi connectivity index (χ2n) is 5.90. The van der Waals surface area contributed by atoms with Crippen molar-refractivity contribution in [2.75, 3.05) is 10.9 Å². The van der Waals surface area contributed by atoms with E-state index in [0.717, 1.165) is 11.1 Å². The Hall–Kier alpha value is -1.66. The fourth-order valence-electron chi connectivity index (χ4n) is 2.31. The molecule has 0 radical (unpaired) electrons. The van der Waals surface area contributed by atoms with Crippen molar-refractivity contribution in [1.82, 2.24) is 0 Å². The van der Waals surface area contributed by atoms with Gasteiger partial charge in [0.2, 0.25) is 0 Å². The summed E-state index contributed by atoms with van der Waals surface area (Å²) in [6, 6.07) is 13.8.